The second kappa shape index (κ2) is 12.0. The first kappa shape index (κ1) is 26.5. The Labute approximate surface area is 209 Å². The van der Waals surface area contributed by atoms with Crippen molar-refractivity contribution < 1.29 is 10.2 Å². The van der Waals surface area contributed by atoms with Gasteiger partial charge in [-0.25, -0.2) is 0 Å². The van der Waals surface area contributed by atoms with E-state index in [0.717, 1.165) is 60.3 Å². The molecule has 0 saturated carbocycles. The van der Waals surface area contributed by atoms with E-state index < -0.39 is 7.47 Å². The lowest BCUT2D eigenvalue weighted by molar-refractivity contribution is 0.474. The number of phenols is 2. The molecule has 2 nitrogen and oxygen atoms in total. The number of benzene rings is 3. The molecular formula is C30H39O2PSi. The largest absolute Gasteiger partial charge is 0.507 e. The molecule has 4 heteroatoms. The fourth-order valence-electron chi connectivity index (χ4n) is 4.30. The Morgan fingerprint density at radius 1 is 0.706 bits per heavy atom. The van der Waals surface area contributed by atoms with E-state index in [0.29, 0.717) is 20.7 Å². The van der Waals surface area contributed by atoms with Crippen LogP contribution in [0.5, 0.6) is 11.5 Å². The average Bonchev–Trinajstić information content (AvgIpc) is 2.81. The lowest BCUT2D eigenvalue weighted by Crippen LogP contribution is -2.27. The molecule has 3 aromatic carbocycles. The normalized spacial score (nSPS) is 11.4. The van der Waals surface area contributed by atoms with Crippen molar-refractivity contribution in [3.05, 3.63) is 75.8 Å². The number of hydrogen-bond donors (Lipinski definition) is 2. The van der Waals surface area contributed by atoms with Crippen LogP contribution in [-0.2, 0) is 12.8 Å². The number of aryl methyl sites for hydroxylation is 5. The molecule has 180 valence electrons. The third-order valence-corrected chi connectivity index (χ3v) is 12.1. The van der Waals surface area contributed by atoms with Crippen LogP contribution in [0.25, 0.3) is 0 Å². The minimum absolute atomic E-state index is 0.389. The lowest BCUT2D eigenvalue weighted by atomic mass is 10.1. The highest BCUT2D eigenvalue weighted by Gasteiger charge is 2.25. The van der Waals surface area contributed by atoms with Crippen LogP contribution in [0, 0.1) is 27.7 Å². The van der Waals surface area contributed by atoms with Gasteiger partial charge >= 0.3 is 0 Å². The number of hydrogen-bond acceptors (Lipinski definition) is 2. The van der Waals surface area contributed by atoms with Crippen molar-refractivity contribution in [2.45, 2.75) is 80.1 Å². The van der Waals surface area contributed by atoms with Gasteiger partial charge in [-0.1, -0.05) is 62.2 Å². The van der Waals surface area contributed by atoms with Gasteiger partial charge in [-0.3, -0.25) is 0 Å². The third kappa shape index (κ3) is 6.12. The highest BCUT2D eigenvalue weighted by molar-refractivity contribution is 7.99. The summed E-state index contributed by atoms with van der Waals surface area (Å²) in [5, 5.41) is 25.9. The zero-order valence-corrected chi connectivity index (χ0v) is 23.5. The Morgan fingerprint density at radius 2 is 1.21 bits per heavy atom. The maximum absolute atomic E-state index is 11.3. The Kier molecular flexibility index (Phi) is 9.39. The minimum atomic E-state index is -0.964. The van der Waals surface area contributed by atoms with E-state index in [9.17, 15) is 10.2 Å². The minimum Gasteiger partial charge on any atom is -0.507 e. The van der Waals surface area contributed by atoms with Gasteiger partial charge in [0.25, 0.3) is 0 Å². The molecule has 0 unspecified atom stereocenters. The van der Waals surface area contributed by atoms with E-state index in [1.54, 1.807) is 0 Å². The van der Waals surface area contributed by atoms with Crippen molar-refractivity contribution in [1.82, 2.24) is 0 Å². The zero-order chi connectivity index (χ0) is 24.8. The molecule has 2 radical (unpaired) electrons. The number of phenolic OH excluding ortho intramolecular Hbond substituents is 2. The molecule has 0 atom stereocenters. The van der Waals surface area contributed by atoms with Gasteiger partial charge in [0.1, 0.15) is 20.7 Å². The molecule has 0 aliphatic rings. The van der Waals surface area contributed by atoms with Crippen molar-refractivity contribution in [2.75, 3.05) is 0 Å². The van der Waals surface area contributed by atoms with Crippen molar-refractivity contribution in [1.29, 1.82) is 0 Å². The Hall–Kier alpha value is -2.09. The van der Waals surface area contributed by atoms with Crippen molar-refractivity contribution in [2.24, 2.45) is 0 Å². The van der Waals surface area contributed by atoms with E-state index in [1.807, 2.05) is 13.8 Å². The molecule has 0 fully saturated rings. The molecule has 2 N–H and O–H groups in total. The molecule has 34 heavy (non-hydrogen) atoms. The summed E-state index contributed by atoms with van der Waals surface area (Å²) < 4.78 is 0. The molecule has 0 saturated heterocycles. The highest BCUT2D eigenvalue weighted by atomic mass is 31.4. The Bertz CT molecular complexity index is 1080. The Balaban J connectivity index is 2.21. The Morgan fingerprint density at radius 3 is 1.68 bits per heavy atom. The van der Waals surface area contributed by atoms with Crippen LogP contribution in [-0.4, -0.2) is 19.4 Å². The summed E-state index contributed by atoms with van der Waals surface area (Å²) in [6, 6.07) is 15.2. The molecular weight excluding hydrogens is 451 g/mol. The predicted molar refractivity (Wildman–Crippen MR) is 150 cm³/mol. The van der Waals surface area contributed by atoms with Crippen LogP contribution in [0.1, 0.15) is 72.9 Å². The standard InChI is InChI=1S/C30H39O2PSi/c1-7-9-13-24-16-21(4)29(31)26(18-24)33(34-28-15-11-12-20(3)23(28)6)27-19-25(14-10-8-2)17-22(5)30(27)32/h11-12,15-19,31-32H,7-10,13-14H2,1-6H3. The van der Waals surface area contributed by atoms with Crippen LogP contribution >= 0.6 is 7.47 Å². The van der Waals surface area contributed by atoms with Crippen molar-refractivity contribution >= 4 is 32.5 Å². The molecule has 3 aromatic rings. The predicted octanol–water partition coefficient (Wildman–Crippen LogP) is 6.39. The maximum atomic E-state index is 11.3. The molecule has 0 aromatic heterocycles. The number of unbranched alkanes of at least 4 members (excludes halogenated alkanes) is 2. The van der Waals surface area contributed by atoms with Gasteiger partial charge in [0, 0.05) is 10.6 Å². The number of aromatic hydroxyl groups is 2. The van der Waals surface area contributed by atoms with Gasteiger partial charge in [-0.15, -0.1) is 0 Å². The van der Waals surface area contributed by atoms with E-state index in [1.165, 1.54) is 27.4 Å². The van der Waals surface area contributed by atoms with Gasteiger partial charge in [0.2, 0.25) is 0 Å². The topological polar surface area (TPSA) is 40.5 Å². The smallest absolute Gasteiger partial charge is 0.128 e. The summed E-state index contributed by atoms with van der Waals surface area (Å²) in [6.07, 6.45) is 6.60. The molecule has 0 bridgehead atoms. The SMILES string of the molecule is CCCCc1cc(C)c(O)c(P([Si]c2cccc(C)c2C)c2cc(CCCC)cc(C)c2O)c1. The van der Waals surface area contributed by atoms with Gasteiger partial charge in [-0.05, 0) is 106 Å². The molecule has 0 aliphatic carbocycles. The van der Waals surface area contributed by atoms with Gasteiger partial charge in [0.15, 0.2) is 0 Å². The summed E-state index contributed by atoms with van der Waals surface area (Å²) >= 11 is 0. The summed E-state index contributed by atoms with van der Waals surface area (Å²) in [6.45, 7) is 12.8. The summed E-state index contributed by atoms with van der Waals surface area (Å²) in [5.74, 6) is 0.778. The fourth-order valence-corrected chi connectivity index (χ4v) is 10.1. The van der Waals surface area contributed by atoms with Crippen LogP contribution in [0.3, 0.4) is 0 Å². The maximum Gasteiger partial charge on any atom is 0.128 e. The zero-order valence-electron chi connectivity index (χ0n) is 21.6. The third-order valence-electron chi connectivity index (χ3n) is 6.64. The van der Waals surface area contributed by atoms with Crippen LogP contribution < -0.4 is 15.8 Å². The monoisotopic (exact) mass is 490 g/mol. The summed E-state index contributed by atoms with van der Waals surface area (Å²) in [7, 11) is -0.491. The van der Waals surface area contributed by atoms with Gasteiger partial charge in [0.05, 0.1) is 0 Å². The first-order valence-corrected chi connectivity index (χ1v) is 15.7. The van der Waals surface area contributed by atoms with Crippen LogP contribution in [0.2, 0.25) is 0 Å². The second-order valence-corrected chi connectivity index (χ2v) is 13.9. The summed E-state index contributed by atoms with van der Waals surface area (Å²) in [4.78, 5) is 0. The highest BCUT2D eigenvalue weighted by Crippen LogP contribution is 2.41. The van der Waals surface area contributed by atoms with Crippen molar-refractivity contribution in [3.8, 4) is 11.5 Å². The van der Waals surface area contributed by atoms with E-state index in [4.69, 9.17) is 0 Å². The molecule has 0 aliphatic heterocycles. The molecule has 0 spiro atoms. The first-order chi connectivity index (χ1) is 16.3. The van der Waals surface area contributed by atoms with Gasteiger partial charge < -0.3 is 10.2 Å². The quantitative estimate of drug-likeness (QED) is 0.255. The first-order valence-electron chi connectivity index (χ1n) is 12.5. The van der Waals surface area contributed by atoms with Gasteiger partial charge in [-0.2, -0.15) is 0 Å². The number of rotatable bonds is 10. The van der Waals surface area contributed by atoms with E-state index >= 15 is 0 Å². The average molecular weight is 491 g/mol. The second-order valence-electron chi connectivity index (χ2n) is 9.46. The van der Waals surface area contributed by atoms with E-state index in [2.05, 4.69) is 70.2 Å². The summed E-state index contributed by atoms with van der Waals surface area (Å²) in [5.41, 5.74) is 7.02. The van der Waals surface area contributed by atoms with Crippen molar-refractivity contribution in [3.63, 3.8) is 0 Å². The van der Waals surface area contributed by atoms with Crippen LogP contribution in [0.4, 0.5) is 0 Å². The van der Waals surface area contributed by atoms with Crippen LogP contribution in [0.15, 0.2) is 42.5 Å². The fraction of sp³-hybridized carbons (Fsp3) is 0.400. The molecule has 0 heterocycles. The van der Waals surface area contributed by atoms with E-state index in [-0.39, 0.29) is 0 Å². The molecule has 3 rings (SSSR count). The lowest BCUT2D eigenvalue weighted by Gasteiger charge is -2.24. The molecule has 0 amide bonds.